The number of carboxylic acid groups (broad SMARTS) is 1. The number of aliphatic carboxylic acids is 1. The molecule has 0 aliphatic carbocycles. The molecule has 0 atom stereocenters. The van der Waals surface area contributed by atoms with Crippen molar-refractivity contribution in [2.24, 2.45) is 0 Å². The zero-order valence-corrected chi connectivity index (χ0v) is 12.4. The fraction of sp³-hybridized carbons (Fsp3) is 0.133. The van der Waals surface area contributed by atoms with Crippen molar-refractivity contribution in [3.8, 4) is 11.3 Å². The van der Waals surface area contributed by atoms with Crippen LogP contribution < -0.4 is 0 Å². The van der Waals surface area contributed by atoms with E-state index in [2.05, 4.69) is 4.98 Å². The molecule has 0 saturated heterocycles. The van der Waals surface area contributed by atoms with Crippen molar-refractivity contribution in [3.63, 3.8) is 0 Å². The maximum Gasteiger partial charge on any atom is 0.341 e. The minimum Gasteiger partial charge on any atom is -0.477 e. The number of aromatic nitrogens is 1. The molecule has 0 aliphatic heterocycles. The molecular weight excluding hydrogens is 288 g/mol. The number of nitrogens with zero attached hydrogens (tertiary/aromatic N) is 2. The molecule has 21 heavy (non-hydrogen) atoms. The van der Waals surface area contributed by atoms with E-state index in [9.17, 15) is 9.59 Å². The molecular formula is C15H14N2O3S. The maximum atomic E-state index is 12.2. The Balaban J connectivity index is 2.33. The van der Waals surface area contributed by atoms with E-state index < -0.39 is 11.8 Å². The van der Waals surface area contributed by atoms with Crippen LogP contribution >= 0.6 is 11.3 Å². The van der Waals surface area contributed by atoms with Crippen molar-refractivity contribution in [1.29, 1.82) is 0 Å². The van der Waals surface area contributed by atoms with Gasteiger partial charge in [0.15, 0.2) is 5.01 Å². The fourth-order valence-corrected chi connectivity index (χ4v) is 2.48. The lowest BCUT2D eigenvalue weighted by molar-refractivity contribution is -0.132. The van der Waals surface area contributed by atoms with Crippen molar-refractivity contribution in [3.05, 3.63) is 52.5 Å². The van der Waals surface area contributed by atoms with E-state index in [0.717, 1.165) is 16.9 Å². The summed E-state index contributed by atoms with van der Waals surface area (Å²) in [4.78, 5) is 29.2. The van der Waals surface area contributed by atoms with Crippen molar-refractivity contribution >= 4 is 23.1 Å². The molecule has 108 valence electrons. The Morgan fingerprint density at radius 2 is 1.90 bits per heavy atom. The standard InChI is InChI=1S/C15H14N2O3S/c1-17(2)8-11(15(19)20)13(18)14-16-12(9-21-14)10-6-4-3-5-7-10/h3-9H,1-2H3,(H,19,20). The number of carbonyl (C=O) groups is 2. The Morgan fingerprint density at radius 1 is 1.24 bits per heavy atom. The first kappa shape index (κ1) is 14.9. The van der Waals surface area contributed by atoms with Gasteiger partial charge in [0, 0.05) is 31.2 Å². The van der Waals surface area contributed by atoms with Crippen LogP contribution in [0, 0.1) is 0 Å². The minimum absolute atomic E-state index is 0.171. The molecule has 6 heteroatoms. The highest BCUT2D eigenvalue weighted by Crippen LogP contribution is 2.23. The number of hydrogen-bond donors (Lipinski definition) is 1. The quantitative estimate of drug-likeness (QED) is 0.398. The average Bonchev–Trinajstić information content (AvgIpc) is 2.94. The van der Waals surface area contributed by atoms with Crippen LogP contribution in [0.15, 0.2) is 47.5 Å². The molecule has 0 saturated carbocycles. The van der Waals surface area contributed by atoms with Crippen molar-refractivity contribution in [2.45, 2.75) is 0 Å². The predicted octanol–water partition coefficient (Wildman–Crippen LogP) is 2.52. The highest BCUT2D eigenvalue weighted by molar-refractivity contribution is 7.12. The Morgan fingerprint density at radius 3 is 2.48 bits per heavy atom. The monoisotopic (exact) mass is 302 g/mol. The molecule has 1 heterocycles. The minimum atomic E-state index is -1.26. The molecule has 1 N–H and O–H groups in total. The molecule has 2 rings (SSSR count). The van der Waals surface area contributed by atoms with E-state index in [0.29, 0.717) is 5.69 Å². The van der Waals surface area contributed by atoms with Gasteiger partial charge in [-0.2, -0.15) is 0 Å². The van der Waals surface area contributed by atoms with Crippen LogP contribution in [-0.2, 0) is 4.79 Å². The van der Waals surface area contributed by atoms with Crippen LogP contribution in [0.4, 0.5) is 0 Å². The van der Waals surface area contributed by atoms with Gasteiger partial charge in [0.25, 0.3) is 0 Å². The number of hydrogen-bond acceptors (Lipinski definition) is 5. The number of carboxylic acids is 1. The molecule has 1 aromatic heterocycles. The number of benzene rings is 1. The third kappa shape index (κ3) is 3.55. The molecule has 5 nitrogen and oxygen atoms in total. The first-order chi connectivity index (χ1) is 9.99. The Labute approximate surface area is 126 Å². The number of Topliss-reactive ketones (excluding diaryl/α,β-unsaturated/α-hetero) is 1. The third-order valence-corrected chi connectivity index (χ3v) is 3.47. The van der Waals surface area contributed by atoms with E-state index in [-0.39, 0.29) is 10.6 Å². The van der Waals surface area contributed by atoms with Gasteiger partial charge < -0.3 is 10.0 Å². The molecule has 0 aliphatic rings. The largest absolute Gasteiger partial charge is 0.477 e. The van der Waals surface area contributed by atoms with Gasteiger partial charge in [-0.3, -0.25) is 4.79 Å². The van der Waals surface area contributed by atoms with Gasteiger partial charge in [0.2, 0.25) is 5.78 Å². The van der Waals surface area contributed by atoms with Gasteiger partial charge in [0.05, 0.1) is 5.69 Å². The lowest BCUT2D eigenvalue weighted by Crippen LogP contribution is -2.16. The van der Waals surface area contributed by atoms with Crippen LogP contribution in [0.2, 0.25) is 0 Å². The highest BCUT2D eigenvalue weighted by Gasteiger charge is 2.22. The van der Waals surface area contributed by atoms with Crippen LogP contribution in [0.1, 0.15) is 9.80 Å². The van der Waals surface area contributed by atoms with Crippen molar-refractivity contribution < 1.29 is 14.7 Å². The van der Waals surface area contributed by atoms with Gasteiger partial charge in [0.1, 0.15) is 5.57 Å². The number of ketones is 1. The first-order valence-electron chi connectivity index (χ1n) is 6.16. The second-order valence-electron chi connectivity index (χ2n) is 4.54. The van der Waals surface area contributed by atoms with Gasteiger partial charge in [-0.1, -0.05) is 30.3 Å². The summed E-state index contributed by atoms with van der Waals surface area (Å²) in [6, 6.07) is 9.42. The highest BCUT2D eigenvalue weighted by atomic mass is 32.1. The Bertz CT molecular complexity index is 690. The second kappa shape index (κ2) is 6.32. The summed E-state index contributed by atoms with van der Waals surface area (Å²) in [5, 5.41) is 11.1. The summed E-state index contributed by atoms with van der Waals surface area (Å²) in [6.45, 7) is 0. The molecule has 0 unspecified atom stereocenters. The molecule has 0 amide bonds. The molecule has 0 bridgehead atoms. The zero-order chi connectivity index (χ0) is 15.4. The summed E-state index contributed by atoms with van der Waals surface area (Å²) < 4.78 is 0. The Kier molecular flexibility index (Phi) is 4.49. The normalized spacial score (nSPS) is 11.2. The number of carbonyl (C=O) groups excluding carboxylic acids is 1. The van der Waals surface area contributed by atoms with E-state index in [1.807, 2.05) is 30.3 Å². The third-order valence-electron chi connectivity index (χ3n) is 2.63. The van der Waals surface area contributed by atoms with Crippen LogP contribution in [0.3, 0.4) is 0 Å². The van der Waals surface area contributed by atoms with E-state index in [1.54, 1.807) is 19.5 Å². The maximum absolute atomic E-state index is 12.2. The van der Waals surface area contributed by atoms with E-state index in [1.165, 1.54) is 11.1 Å². The Hall–Kier alpha value is -2.47. The van der Waals surface area contributed by atoms with E-state index >= 15 is 0 Å². The molecule has 0 radical (unpaired) electrons. The predicted molar refractivity (Wildman–Crippen MR) is 81.3 cm³/mol. The zero-order valence-electron chi connectivity index (χ0n) is 11.6. The average molecular weight is 302 g/mol. The van der Waals surface area contributed by atoms with Crippen LogP contribution in [0.5, 0.6) is 0 Å². The SMILES string of the molecule is CN(C)C=C(C(=O)O)C(=O)c1nc(-c2ccccc2)cs1. The van der Waals surface area contributed by atoms with Gasteiger partial charge in [-0.25, -0.2) is 9.78 Å². The van der Waals surface area contributed by atoms with Crippen LogP contribution in [0.25, 0.3) is 11.3 Å². The van der Waals surface area contributed by atoms with Crippen molar-refractivity contribution in [2.75, 3.05) is 14.1 Å². The summed E-state index contributed by atoms with van der Waals surface area (Å²) in [7, 11) is 3.32. The second-order valence-corrected chi connectivity index (χ2v) is 5.40. The van der Waals surface area contributed by atoms with Crippen molar-refractivity contribution in [1.82, 2.24) is 9.88 Å². The lowest BCUT2D eigenvalue weighted by atomic mass is 10.1. The van der Waals surface area contributed by atoms with Gasteiger partial charge in [-0.05, 0) is 0 Å². The van der Waals surface area contributed by atoms with Crippen LogP contribution in [-0.4, -0.2) is 40.8 Å². The smallest absolute Gasteiger partial charge is 0.341 e. The summed E-state index contributed by atoms with van der Waals surface area (Å²) in [5.41, 5.74) is 1.26. The summed E-state index contributed by atoms with van der Waals surface area (Å²) >= 11 is 1.14. The lowest BCUT2D eigenvalue weighted by Gasteiger charge is -2.06. The molecule has 0 fully saturated rings. The first-order valence-corrected chi connectivity index (χ1v) is 7.04. The van der Waals surface area contributed by atoms with Gasteiger partial charge >= 0.3 is 5.97 Å². The molecule has 2 aromatic rings. The molecule has 0 spiro atoms. The topological polar surface area (TPSA) is 70.5 Å². The fourth-order valence-electron chi connectivity index (χ4n) is 1.70. The number of thiazole rings is 1. The summed E-state index contributed by atoms with van der Waals surface area (Å²) in [6.07, 6.45) is 1.29. The molecule has 1 aromatic carbocycles. The van der Waals surface area contributed by atoms with E-state index in [4.69, 9.17) is 5.11 Å². The number of rotatable bonds is 5. The van der Waals surface area contributed by atoms with Gasteiger partial charge in [-0.15, -0.1) is 11.3 Å². The summed E-state index contributed by atoms with van der Waals surface area (Å²) in [5.74, 6) is -1.84.